The summed E-state index contributed by atoms with van der Waals surface area (Å²) in [5.41, 5.74) is 1.48. The molecule has 242 valence electrons. The molecular formula is C38H42F6O. The molecule has 0 radical (unpaired) electrons. The lowest BCUT2D eigenvalue weighted by Crippen LogP contribution is -2.23. The smallest absolute Gasteiger partial charge is 0.167 e. The molecule has 0 N–H and O–H groups in total. The molecule has 1 saturated carbocycles. The molecule has 3 aromatic carbocycles. The Morgan fingerprint density at radius 2 is 1.27 bits per heavy atom. The molecule has 1 atom stereocenters. The fraction of sp³-hybridized carbons (Fsp3) is 0.474. The van der Waals surface area contributed by atoms with Crippen molar-refractivity contribution < 1.29 is 31.1 Å². The second kappa shape index (κ2) is 15.0. The SMILES string of the molecule is CCCCCc1ccc(C2=CCC(OCC3CCC(c4ccc(-c5ccc(CC)c(F)c5F)c(F)c4F)CC3)CC2)c(F)c1F. The van der Waals surface area contributed by atoms with Crippen molar-refractivity contribution in [3.8, 4) is 11.1 Å². The van der Waals surface area contributed by atoms with E-state index in [1.54, 1.807) is 19.1 Å². The first-order valence-electron chi connectivity index (χ1n) is 16.5. The molecule has 1 fully saturated rings. The van der Waals surface area contributed by atoms with E-state index in [-0.39, 0.29) is 34.3 Å². The Labute approximate surface area is 262 Å². The summed E-state index contributed by atoms with van der Waals surface area (Å²) in [6.45, 7) is 4.33. The van der Waals surface area contributed by atoms with Crippen molar-refractivity contribution in [3.05, 3.63) is 99.6 Å². The van der Waals surface area contributed by atoms with Gasteiger partial charge < -0.3 is 4.74 Å². The number of rotatable bonds is 11. The van der Waals surface area contributed by atoms with Gasteiger partial charge in [-0.05, 0) is 98.3 Å². The highest BCUT2D eigenvalue weighted by atomic mass is 19.2. The maximum atomic E-state index is 15.2. The molecule has 0 amide bonds. The van der Waals surface area contributed by atoms with Crippen LogP contribution in [0.5, 0.6) is 0 Å². The maximum absolute atomic E-state index is 15.2. The van der Waals surface area contributed by atoms with Crippen molar-refractivity contribution in [1.29, 1.82) is 0 Å². The lowest BCUT2D eigenvalue weighted by molar-refractivity contribution is 0.0157. The zero-order chi connectivity index (χ0) is 32.1. The predicted molar refractivity (Wildman–Crippen MR) is 167 cm³/mol. The summed E-state index contributed by atoms with van der Waals surface area (Å²) in [7, 11) is 0. The van der Waals surface area contributed by atoms with Gasteiger partial charge in [-0.15, -0.1) is 0 Å². The third-order valence-electron chi connectivity index (χ3n) is 9.72. The highest BCUT2D eigenvalue weighted by Gasteiger charge is 2.29. The monoisotopic (exact) mass is 628 g/mol. The first-order chi connectivity index (χ1) is 21.7. The summed E-state index contributed by atoms with van der Waals surface area (Å²) in [6, 6.07) is 8.96. The van der Waals surface area contributed by atoms with Crippen LogP contribution in [0.15, 0.2) is 42.5 Å². The highest BCUT2D eigenvalue weighted by molar-refractivity contribution is 5.68. The predicted octanol–water partition coefficient (Wildman–Crippen LogP) is 11.4. The Hall–Kier alpha value is -3.06. The standard InChI is InChI=1S/C38H42F6O/c1-3-5-6-7-27-15-18-29(35(41)34(27)40)26-12-16-28(17-13-26)45-22-23-8-10-25(11-9-23)30-20-21-32(38(44)36(30)42)31-19-14-24(4-2)33(39)37(31)43/h12,14-15,18-21,23,25,28H,3-11,13,16-17,22H2,1-2H3. The van der Waals surface area contributed by atoms with Crippen LogP contribution in [-0.4, -0.2) is 12.7 Å². The van der Waals surface area contributed by atoms with Gasteiger partial charge in [0.1, 0.15) is 0 Å². The minimum Gasteiger partial charge on any atom is -0.378 e. The Kier molecular flexibility index (Phi) is 11.1. The Balaban J connectivity index is 1.13. The summed E-state index contributed by atoms with van der Waals surface area (Å²) in [5.74, 6) is -5.72. The van der Waals surface area contributed by atoms with Crippen LogP contribution in [0.2, 0.25) is 0 Å². The summed E-state index contributed by atoms with van der Waals surface area (Å²) in [6.07, 6.45) is 10.6. The van der Waals surface area contributed by atoms with Crippen molar-refractivity contribution in [3.63, 3.8) is 0 Å². The van der Waals surface area contributed by atoms with Crippen molar-refractivity contribution in [2.45, 2.75) is 103 Å². The van der Waals surface area contributed by atoms with Crippen molar-refractivity contribution in [2.24, 2.45) is 5.92 Å². The second-order valence-corrected chi connectivity index (χ2v) is 12.6. The topological polar surface area (TPSA) is 9.23 Å². The average Bonchev–Trinajstić information content (AvgIpc) is 3.06. The first kappa shape index (κ1) is 33.3. The van der Waals surface area contributed by atoms with Crippen molar-refractivity contribution in [2.75, 3.05) is 6.61 Å². The molecule has 2 aliphatic rings. The zero-order valence-corrected chi connectivity index (χ0v) is 26.1. The van der Waals surface area contributed by atoms with Crippen molar-refractivity contribution in [1.82, 2.24) is 0 Å². The molecular weight excluding hydrogens is 586 g/mol. The van der Waals surface area contributed by atoms with E-state index in [0.29, 0.717) is 62.2 Å². The highest BCUT2D eigenvalue weighted by Crippen LogP contribution is 2.40. The number of aryl methyl sites for hydroxylation is 2. The molecule has 0 spiro atoms. The van der Waals surface area contributed by atoms with Gasteiger partial charge in [0.05, 0.1) is 6.10 Å². The summed E-state index contributed by atoms with van der Waals surface area (Å²) in [5, 5.41) is 0. The van der Waals surface area contributed by atoms with E-state index in [1.165, 1.54) is 24.3 Å². The molecule has 0 aromatic heterocycles. The van der Waals surface area contributed by atoms with Crippen LogP contribution in [0.25, 0.3) is 16.7 Å². The van der Waals surface area contributed by atoms with Gasteiger partial charge in [0.25, 0.3) is 0 Å². The third kappa shape index (κ3) is 7.34. The van der Waals surface area contributed by atoms with Crippen LogP contribution >= 0.6 is 0 Å². The van der Waals surface area contributed by atoms with E-state index in [2.05, 4.69) is 6.92 Å². The lowest BCUT2D eigenvalue weighted by Gasteiger charge is -2.31. The van der Waals surface area contributed by atoms with Crippen LogP contribution < -0.4 is 0 Å². The van der Waals surface area contributed by atoms with E-state index >= 15 is 8.78 Å². The van der Waals surface area contributed by atoms with Crippen LogP contribution in [0.1, 0.15) is 106 Å². The number of unbranched alkanes of at least 4 members (excludes halogenated alkanes) is 2. The average molecular weight is 629 g/mol. The van der Waals surface area contributed by atoms with E-state index in [4.69, 9.17) is 4.74 Å². The molecule has 1 unspecified atom stereocenters. The van der Waals surface area contributed by atoms with Gasteiger partial charge >= 0.3 is 0 Å². The van der Waals surface area contributed by atoms with E-state index in [1.807, 2.05) is 6.08 Å². The second-order valence-electron chi connectivity index (χ2n) is 12.6. The molecule has 2 aliphatic carbocycles. The number of benzene rings is 3. The fourth-order valence-electron chi connectivity index (χ4n) is 6.87. The fourth-order valence-corrected chi connectivity index (χ4v) is 6.87. The number of hydrogen-bond donors (Lipinski definition) is 0. The molecule has 7 heteroatoms. The maximum Gasteiger partial charge on any atom is 0.167 e. The molecule has 3 aromatic rings. The summed E-state index contributed by atoms with van der Waals surface area (Å²) >= 11 is 0. The molecule has 5 rings (SSSR count). The van der Waals surface area contributed by atoms with Gasteiger partial charge in [0.2, 0.25) is 0 Å². The summed E-state index contributed by atoms with van der Waals surface area (Å²) in [4.78, 5) is 0. The van der Waals surface area contributed by atoms with Gasteiger partial charge in [-0.1, -0.05) is 69.2 Å². The van der Waals surface area contributed by atoms with Gasteiger partial charge in [0, 0.05) is 23.3 Å². The molecule has 45 heavy (non-hydrogen) atoms. The van der Waals surface area contributed by atoms with Gasteiger partial charge in [-0.2, -0.15) is 0 Å². The molecule has 0 saturated heterocycles. The van der Waals surface area contributed by atoms with E-state index in [0.717, 1.165) is 44.1 Å². The molecule has 0 aliphatic heterocycles. The van der Waals surface area contributed by atoms with Gasteiger partial charge in [-0.3, -0.25) is 0 Å². The van der Waals surface area contributed by atoms with Crippen molar-refractivity contribution >= 4 is 5.57 Å². The minimum atomic E-state index is -1.17. The lowest BCUT2D eigenvalue weighted by atomic mass is 9.78. The van der Waals surface area contributed by atoms with Crippen LogP contribution in [0.3, 0.4) is 0 Å². The number of hydrogen-bond acceptors (Lipinski definition) is 1. The summed E-state index contributed by atoms with van der Waals surface area (Å²) < 4.78 is 95.0. The molecule has 0 heterocycles. The normalized spacial score (nSPS) is 20.4. The minimum absolute atomic E-state index is 0.00316. The zero-order valence-electron chi connectivity index (χ0n) is 26.1. The number of allylic oxidation sites excluding steroid dienone is 1. The first-order valence-corrected chi connectivity index (χ1v) is 16.5. The Bertz CT molecular complexity index is 1520. The van der Waals surface area contributed by atoms with E-state index < -0.39 is 34.9 Å². The molecule has 0 bridgehead atoms. The number of ether oxygens (including phenoxy) is 1. The van der Waals surface area contributed by atoms with E-state index in [9.17, 15) is 17.6 Å². The van der Waals surface area contributed by atoms with Gasteiger partial charge in [0.15, 0.2) is 34.9 Å². The molecule has 1 nitrogen and oxygen atoms in total. The van der Waals surface area contributed by atoms with Crippen LogP contribution in [0.4, 0.5) is 26.3 Å². The van der Waals surface area contributed by atoms with Crippen LogP contribution in [-0.2, 0) is 17.6 Å². The Morgan fingerprint density at radius 1 is 0.644 bits per heavy atom. The van der Waals surface area contributed by atoms with Crippen LogP contribution in [0, 0.1) is 40.8 Å². The third-order valence-corrected chi connectivity index (χ3v) is 9.72. The quantitative estimate of drug-likeness (QED) is 0.152. The van der Waals surface area contributed by atoms with Gasteiger partial charge in [-0.25, -0.2) is 26.3 Å². The number of halogens is 6. The Morgan fingerprint density at radius 3 is 1.93 bits per heavy atom. The largest absolute Gasteiger partial charge is 0.378 e.